The average molecular weight is 272 g/mol. The number of hydrogen-bond acceptors (Lipinski definition) is 3. The lowest BCUT2D eigenvalue weighted by Crippen LogP contribution is -2.12. The van der Waals surface area contributed by atoms with Gasteiger partial charge in [0.05, 0.1) is 6.61 Å². The van der Waals surface area contributed by atoms with E-state index < -0.39 is 0 Å². The minimum Gasteiger partial charge on any atom is -0.478 e. The minimum atomic E-state index is 0.287. The monoisotopic (exact) mass is 272 g/mol. The fraction of sp³-hybridized carbons (Fsp3) is 0.200. The molecular weight excluding hydrogens is 256 g/mol. The van der Waals surface area contributed by atoms with E-state index in [0.29, 0.717) is 18.2 Å². The number of benzene rings is 1. The second kappa shape index (κ2) is 6.85. The number of pyridine rings is 1. The van der Waals surface area contributed by atoms with Crippen LogP contribution in [-0.2, 0) is 6.42 Å². The summed E-state index contributed by atoms with van der Waals surface area (Å²) in [6.45, 7) is 0.628. The molecule has 0 saturated heterocycles. The lowest BCUT2D eigenvalue weighted by Gasteiger charge is -2.06. The maximum absolute atomic E-state index is 5.59. The summed E-state index contributed by atoms with van der Waals surface area (Å²) in [7, 11) is 0. The summed E-state index contributed by atoms with van der Waals surface area (Å²) >= 11 is 4.88. The molecule has 98 valence electrons. The summed E-state index contributed by atoms with van der Waals surface area (Å²) in [5.74, 6) is 0.568. The molecule has 0 saturated carbocycles. The van der Waals surface area contributed by atoms with E-state index in [1.807, 2.05) is 30.3 Å². The highest BCUT2D eigenvalue weighted by molar-refractivity contribution is 7.80. The second-order valence-corrected chi connectivity index (χ2v) is 4.60. The molecule has 0 bridgehead atoms. The average Bonchev–Trinajstić information content (AvgIpc) is 2.45. The van der Waals surface area contributed by atoms with Crippen LogP contribution >= 0.6 is 12.2 Å². The maximum atomic E-state index is 5.59. The molecule has 4 heteroatoms. The Kier molecular flexibility index (Phi) is 4.86. The van der Waals surface area contributed by atoms with Gasteiger partial charge in [0.2, 0.25) is 5.88 Å². The van der Waals surface area contributed by atoms with E-state index in [1.165, 1.54) is 5.56 Å². The van der Waals surface area contributed by atoms with Crippen molar-refractivity contribution in [1.82, 2.24) is 4.98 Å². The minimum absolute atomic E-state index is 0.287. The van der Waals surface area contributed by atoms with Gasteiger partial charge in [-0.2, -0.15) is 0 Å². The quantitative estimate of drug-likeness (QED) is 0.649. The summed E-state index contributed by atoms with van der Waals surface area (Å²) in [6, 6.07) is 15.8. The van der Waals surface area contributed by atoms with Gasteiger partial charge >= 0.3 is 0 Å². The van der Waals surface area contributed by atoms with Crippen molar-refractivity contribution in [2.24, 2.45) is 5.73 Å². The van der Waals surface area contributed by atoms with Crippen LogP contribution in [0.4, 0.5) is 0 Å². The van der Waals surface area contributed by atoms with Gasteiger partial charge in [0.15, 0.2) is 0 Å². The predicted molar refractivity (Wildman–Crippen MR) is 80.4 cm³/mol. The van der Waals surface area contributed by atoms with Crippen molar-refractivity contribution in [2.75, 3.05) is 6.61 Å². The van der Waals surface area contributed by atoms with Gasteiger partial charge in [-0.05, 0) is 24.5 Å². The third-order valence-corrected chi connectivity index (χ3v) is 2.89. The van der Waals surface area contributed by atoms with E-state index in [2.05, 4.69) is 17.1 Å². The van der Waals surface area contributed by atoms with Crippen molar-refractivity contribution < 1.29 is 4.74 Å². The van der Waals surface area contributed by atoms with Gasteiger partial charge in [-0.25, -0.2) is 4.98 Å². The Morgan fingerprint density at radius 1 is 1.11 bits per heavy atom. The zero-order valence-electron chi connectivity index (χ0n) is 10.6. The SMILES string of the molecule is NC(=S)c1cccc(OCCCc2ccccc2)n1. The molecule has 0 aliphatic carbocycles. The van der Waals surface area contributed by atoms with Crippen molar-refractivity contribution in [2.45, 2.75) is 12.8 Å². The van der Waals surface area contributed by atoms with Crippen molar-refractivity contribution in [3.63, 3.8) is 0 Å². The van der Waals surface area contributed by atoms with Gasteiger partial charge in [0, 0.05) is 6.07 Å². The highest BCUT2D eigenvalue weighted by Gasteiger charge is 2.01. The number of nitrogens with zero attached hydrogens (tertiary/aromatic N) is 1. The first-order valence-corrected chi connectivity index (χ1v) is 6.60. The molecule has 0 atom stereocenters. The van der Waals surface area contributed by atoms with E-state index >= 15 is 0 Å². The molecule has 0 aliphatic heterocycles. The molecule has 1 heterocycles. The van der Waals surface area contributed by atoms with E-state index in [9.17, 15) is 0 Å². The fourth-order valence-electron chi connectivity index (χ4n) is 1.73. The number of ether oxygens (including phenoxy) is 1. The number of hydrogen-bond donors (Lipinski definition) is 1. The molecule has 0 unspecified atom stereocenters. The molecule has 0 fully saturated rings. The first-order chi connectivity index (χ1) is 9.25. The van der Waals surface area contributed by atoms with Crippen molar-refractivity contribution in [1.29, 1.82) is 0 Å². The smallest absolute Gasteiger partial charge is 0.213 e. The van der Waals surface area contributed by atoms with Gasteiger partial charge in [0.25, 0.3) is 0 Å². The molecule has 0 radical (unpaired) electrons. The maximum Gasteiger partial charge on any atom is 0.213 e. The van der Waals surface area contributed by atoms with Crippen LogP contribution in [0.15, 0.2) is 48.5 Å². The summed E-state index contributed by atoms with van der Waals surface area (Å²) in [5.41, 5.74) is 7.44. The standard InChI is InChI=1S/C15H16N2OS/c16-15(19)13-9-4-10-14(17-13)18-11-5-8-12-6-2-1-3-7-12/h1-4,6-7,9-10H,5,8,11H2,(H2,16,19). The van der Waals surface area contributed by atoms with Crippen LogP contribution in [-0.4, -0.2) is 16.6 Å². The molecule has 1 aromatic carbocycles. The lowest BCUT2D eigenvalue weighted by atomic mass is 10.1. The Bertz CT molecular complexity index is 543. The Labute approximate surface area is 118 Å². The van der Waals surface area contributed by atoms with Crippen LogP contribution in [0.3, 0.4) is 0 Å². The Morgan fingerprint density at radius 2 is 1.89 bits per heavy atom. The topological polar surface area (TPSA) is 48.1 Å². The van der Waals surface area contributed by atoms with Crippen LogP contribution in [0.1, 0.15) is 17.7 Å². The largest absolute Gasteiger partial charge is 0.478 e. The molecule has 19 heavy (non-hydrogen) atoms. The summed E-state index contributed by atoms with van der Waals surface area (Å²) in [5, 5.41) is 0. The number of aryl methyl sites for hydroxylation is 1. The summed E-state index contributed by atoms with van der Waals surface area (Å²) in [4.78, 5) is 4.52. The van der Waals surface area contributed by atoms with Gasteiger partial charge < -0.3 is 10.5 Å². The van der Waals surface area contributed by atoms with Crippen molar-refractivity contribution in [3.05, 3.63) is 59.8 Å². The van der Waals surface area contributed by atoms with Crippen LogP contribution in [0.2, 0.25) is 0 Å². The Morgan fingerprint density at radius 3 is 2.63 bits per heavy atom. The second-order valence-electron chi connectivity index (χ2n) is 4.16. The van der Waals surface area contributed by atoms with E-state index in [4.69, 9.17) is 22.7 Å². The van der Waals surface area contributed by atoms with Crippen molar-refractivity contribution in [3.8, 4) is 5.88 Å². The Balaban J connectivity index is 1.80. The highest BCUT2D eigenvalue weighted by atomic mass is 32.1. The zero-order valence-corrected chi connectivity index (χ0v) is 11.4. The van der Waals surface area contributed by atoms with Gasteiger partial charge in [-0.15, -0.1) is 0 Å². The number of thiocarbonyl (C=S) groups is 1. The van der Waals surface area contributed by atoms with Gasteiger partial charge in [-0.1, -0.05) is 48.6 Å². The summed E-state index contributed by atoms with van der Waals surface area (Å²) < 4.78 is 5.59. The van der Waals surface area contributed by atoms with E-state index in [0.717, 1.165) is 12.8 Å². The van der Waals surface area contributed by atoms with Crippen molar-refractivity contribution >= 4 is 17.2 Å². The normalized spacial score (nSPS) is 10.1. The fourth-order valence-corrected chi connectivity index (χ4v) is 1.84. The van der Waals surface area contributed by atoms with E-state index in [1.54, 1.807) is 6.07 Å². The number of rotatable bonds is 6. The third-order valence-electron chi connectivity index (χ3n) is 2.68. The van der Waals surface area contributed by atoms with Crippen LogP contribution < -0.4 is 10.5 Å². The van der Waals surface area contributed by atoms with Crippen LogP contribution in [0.25, 0.3) is 0 Å². The molecule has 1 aromatic heterocycles. The molecule has 0 amide bonds. The molecule has 0 spiro atoms. The molecule has 2 rings (SSSR count). The van der Waals surface area contributed by atoms with E-state index in [-0.39, 0.29) is 4.99 Å². The zero-order chi connectivity index (χ0) is 13.5. The summed E-state index contributed by atoms with van der Waals surface area (Å²) in [6.07, 6.45) is 1.94. The third kappa shape index (κ3) is 4.34. The molecule has 2 N–H and O–H groups in total. The van der Waals surface area contributed by atoms with Crippen LogP contribution in [0, 0.1) is 0 Å². The molecular formula is C15H16N2OS. The number of nitrogens with two attached hydrogens (primary N) is 1. The van der Waals surface area contributed by atoms with Gasteiger partial charge in [0.1, 0.15) is 10.7 Å². The number of aromatic nitrogens is 1. The lowest BCUT2D eigenvalue weighted by molar-refractivity contribution is 0.299. The highest BCUT2D eigenvalue weighted by Crippen LogP contribution is 2.09. The van der Waals surface area contributed by atoms with Gasteiger partial charge in [-0.3, -0.25) is 0 Å². The molecule has 2 aromatic rings. The Hall–Kier alpha value is -1.94. The first kappa shape index (κ1) is 13.5. The molecule has 0 aliphatic rings. The molecule has 3 nitrogen and oxygen atoms in total. The predicted octanol–water partition coefficient (Wildman–Crippen LogP) is 2.73. The first-order valence-electron chi connectivity index (χ1n) is 6.19. The van der Waals surface area contributed by atoms with Crippen LogP contribution in [0.5, 0.6) is 5.88 Å².